The zero-order valence-electron chi connectivity index (χ0n) is 13.7. The van der Waals surface area contributed by atoms with E-state index in [4.69, 9.17) is 9.94 Å². The van der Waals surface area contributed by atoms with E-state index in [0.717, 1.165) is 11.1 Å². The Hall–Kier alpha value is -2.66. The first-order chi connectivity index (χ1) is 10.9. The lowest BCUT2D eigenvalue weighted by molar-refractivity contribution is -0.0757. The van der Waals surface area contributed by atoms with E-state index >= 15 is 0 Å². The number of aromatic carboxylic acids is 1. The minimum Gasteiger partial charge on any atom is -0.478 e. The lowest BCUT2D eigenvalue weighted by Gasteiger charge is -2.14. The van der Waals surface area contributed by atoms with Crippen molar-refractivity contribution in [2.75, 3.05) is 14.2 Å². The average molecular weight is 315 g/mol. The minimum atomic E-state index is -0.863. The Morgan fingerprint density at radius 1 is 0.913 bits per heavy atom. The van der Waals surface area contributed by atoms with Crippen molar-refractivity contribution < 1.29 is 19.5 Å². The molecule has 0 atom stereocenters. The summed E-state index contributed by atoms with van der Waals surface area (Å²) in [6.07, 6.45) is 0. The molecule has 0 spiro atoms. The first-order valence-electron chi connectivity index (χ1n) is 7.05. The second-order valence-electron chi connectivity index (χ2n) is 4.92. The van der Waals surface area contributed by atoms with Crippen molar-refractivity contribution in [2.24, 2.45) is 0 Å². The Kier molecular flexibility index (Phi) is 6.96. The quantitative estimate of drug-likeness (QED) is 0.882. The van der Waals surface area contributed by atoms with Gasteiger partial charge in [0.1, 0.15) is 0 Å². The predicted molar refractivity (Wildman–Crippen MR) is 88.4 cm³/mol. The maximum atomic E-state index is 11.6. The molecule has 1 amide bonds. The molecular weight excluding hydrogens is 294 g/mol. The van der Waals surface area contributed by atoms with Gasteiger partial charge in [-0.25, -0.2) is 9.86 Å². The molecule has 23 heavy (non-hydrogen) atoms. The van der Waals surface area contributed by atoms with Gasteiger partial charge >= 0.3 is 5.97 Å². The van der Waals surface area contributed by atoms with E-state index in [1.807, 2.05) is 31.2 Å². The molecule has 0 aliphatic heterocycles. The molecule has 5 nitrogen and oxygen atoms in total. The number of hydroxylamine groups is 2. The van der Waals surface area contributed by atoms with E-state index in [9.17, 15) is 9.59 Å². The van der Waals surface area contributed by atoms with Crippen molar-refractivity contribution >= 4 is 11.9 Å². The second kappa shape index (κ2) is 8.70. The Balaban J connectivity index is 0.000000238. The number of carboxylic acids is 1. The van der Waals surface area contributed by atoms with Crippen LogP contribution in [-0.2, 0) is 4.84 Å². The molecule has 5 heteroatoms. The Labute approximate surface area is 136 Å². The molecule has 0 aromatic heterocycles. The molecule has 0 aliphatic rings. The van der Waals surface area contributed by atoms with Crippen LogP contribution in [0.5, 0.6) is 0 Å². The van der Waals surface area contributed by atoms with E-state index in [0.29, 0.717) is 11.1 Å². The summed E-state index contributed by atoms with van der Waals surface area (Å²) in [5.41, 5.74) is 2.81. The summed E-state index contributed by atoms with van der Waals surface area (Å²) >= 11 is 0. The molecule has 0 aliphatic carbocycles. The molecule has 0 unspecified atom stereocenters. The third-order valence-electron chi connectivity index (χ3n) is 3.31. The molecule has 0 saturated heterocycles. The van der Waals surface area contributed by atoms with Crippen molar-refractivity contribution in [3.05, 3.63) is 70.8 Å². The fourth-order valence-electron chi connectivity index (χ4n) is 1.88. The van der Waals surface area contributed by atoms with Gasteiger partial charge in [-0.05, 0) is 37.1 Å². The zero-order chi connectivity index (χ0) is 17.4. The summed E-state index contributed by atoms with van der Waals surface area (Å²) in [6.45, 7) is 3.68. The van der Waals surface area contributed by atoms with Gasteiger partial charge < -0.3 is 5.11 Å². The van der Waals surface area contributed by atoms with E-state index < -0.39 is 5.97 Å². The van der Waals surface area contributed by atoms with Gasteiger partial charge in [0.15, 0.2) is 0 Å². The monoisotopic (exact) mass is 315 g/mol. The van der Waals surface area contributed by atoms with Crippen LogP contribution in [0.15, 0.2) is 48.5 Å². The van der Waals surface area contributed by atoms with Crippen molar-refractivity contribution in [1.29, 1.82) is 0 Å². The van der Waals surface area contributed by atoms with Crippen LogP contribution in [0.25, 0.3) is 0 Å². The van der Waals surface area contributed by atoms with Crippen LogP contribution in [-0.4, -0.2) is 36.2 Å². The van der Waals surface area contributed by atoms with Gasteiger partial charge in [-0.2, -0.15) is 0 Å². The van der Waals surface area contributed by atoms with Crippen LogP contribution in [0.3, 0.4) is 0 Å². The third kappa shape index (κ3) is 5.23. The summed E-state index contributed by atoms with van der Waals surface area (Å²) in [5.74, 6) is -0.987. The number of aryl methyl sites for hydroxylation is 2. The normalized spacial score (nSPS) is 9.57. The first kappa shape index (κ1) is 18.4. The van der Waals surface area contributed by atoms with Crippen LogP contribution in [0.2, 0.25) is 0 Å². The van der Waals surface area contributed by atoms with Gasteiger partial charge in [-0.3, -0.25) is 9.63 Å². The van der Waals surface area contributed by atoms with Crippen molar-refractivity contribution in [1.82, 2.24) is 5.06 Å². The van der Waals surface area contributed by atoms with Gasteiger partial charge in [0.25, 0.3) is 5.91 Å². The molecule has 0 heterocycles. The van der Waals surface area contributed by atoms with Gasteiger partial charge in [-0.1, -0.05) is 36.4 Å². The van der Waals surface area contributed by atoms with E-state index in [2.05, 4.69) is 0 Å². The number of hydrogen-bond donors (Lipinski definition) is 1. The lowest BCUT2D eigenvalue weighted by atomic mass is 10.1. The third-order valence-corrected chi connectivity index (χ3v) is 3.31. The van der Waals surface area contributed by atoms with Crippen molar-refractivity contribution in [2.45, 2.75) is 13.8 Å². The largest absolute Gasteiger partial charge is 0.478 e. The summed E-state index contributed by atoms with van der Waals surface area (Å²) in [7, 11) is 3.06. The molecule has 2 aromatic carbocycles. The molecule has 0 fully saturated rings. The van der Waals surface area contributed by atoms with Crippen LogP contribution in [0.4, 0.5) is 0 Å². The molecule has 0 saturated carbocycles. The highest BCUT2D eigenvalue weighted by molar-refractivity contribution is 5.94. The van der Waals surface area contributed by atoms with Gasteiger partial charge in [0, 0.05) is 12.6 Å². The number of hydrogen-bond acceptors (Lipinski definition) is 3. The number of carbonyl (C=O) groups excluding carboxylic acids is 1. The molecule has 2 aromatic rings. The average Bonchev–Trinajstić information content (AvgIpc) is 2.54. The fourth-order valence-corrected chi connectivity index (χ4v) is 1.88. The maximum Gasteiger partial charge on any atom is 0.335 e. The topological polar surface area (TPSA) is 66.8 Å². The number of benzene rings is 2. The SMILES string of the molecule is CON(C)C(=O)c1ccccc1C.Cc1ccccc1C(=O)O. The molecule has 0 radical (unpaired) electrons. The number of amides is 1. The maximum absolute atomic E-state index is 11.6. The standard InChI is InChI=1S/C10H13NO2.C8H8O2/c1-8-6-4-5-7-9(8)10(12)11(2)13-3;1-6-4-2-3-5-7(6)8(9)10/h4-7H,1-3H3;2-5H,1H3,(H,9,10). The van der Waals surface area contributed by atoms with E-state index in [-0.39, 0.29) is 5.91 Å². The molecule has 0 bridgehead atoms. The minimum absolute atomic E-state index is 0.124. The second-order valence-corrected chi connectivity index (χ2v) is 4.92. The Morgan fingerprint density at radius 3 is 1.70 bits per heavy atom. The highest BCUT2D eigenvalue weighted by atomic mass is 16.7. The summed E-state index contributed by atoms with van der Waals surface area (Å²) in [6, 6.07) is 14.3. The van der Waals surface area contributed by atoms with Gasteiger partial charge in [0.2, 0.25) is 0 Å². The summed E-state index contributed by atoms with van der Waals surface area (Å²) < 4.78 is 0. The number of carbonyl (C=O) groups is 2. The number of carboxylic acid groups (broad SMARTS) is 1. The highest BCUT2D eigenvalue weighted by Crippen LogP contribution is 2.09. The van der Waals surface area contributed by atoms with Crippen LogP contribution in [0, 0.1) is 13.8 Å². The molecule has 1 N–H and O–H groups in total. The lowest BCUT2D eigenvalue weighted by Crippen LogP contribution is -2.25. The molecule has 2 rings (SSSR count). The highest BCUT2D eigenvalue weighted by Gasteiger charge is 2.12. The number of nitrogens with zero attached hydrogens (tertiary/aromatic N) is 1. The molecular formula is C18H21NO4. The molecule has 122 valence electrons. The van der Waals surface area contributed by atoms with Gasteiger partial charge in [0.05, 0.1) is 12.7 Å². The summed E-state index contributed by atoms with van der Waals surface area (Å²) in [4.78, 5) is 26.8. The first-order valence-corrected chi connectivity index (χ1v) is 7.05. The Morgan fingerprint density at radius 2 is 1.35 bits per heavy atom. The smallest absolute Gasteiger partial charge is 0.335 e. The van der Waals surface area contributed by atoms with Crippen LogP contribution in [0.1, 0.15) is 31.8 Å². The van der Waals surface area contributed by atoms with E-state index in [1.165, 1.54) is 12.2 Å². The van der Waals surface area contributed by atoms with Crippen molar-refractivity contribution in [3.8, 4) is 0 Å². The number of rotatable bonds is 3. The van der Waals surface area contributed by atoms with Crippen LogP contribution >= 0.6 is 0 Å². The fraction of sp³-hybridized carbons (Fsp3) is 0.222. The van der Waals surface area contributed by atoms with Crippen molar-refractivity contribution in [3.63, 3.8) is 0 Å². The van der Waals surface area contributed by atoms with Crippen LogP contribution < -0.4 is 0 Å². The van der Waals surface area contributed by atoms with E-state index in [1.54, 1.807) is 38.2 Å². The Bertz CT molecular complexity index is 682. The van der Waals surface area contributed by atoms with Gasteiger partial charge in [-0.15, -0.1) is 0 Å². The zero-order valence-corrected chi connectivity index (χ0v) is 13.7. The summed E-state index contributed by atoms with van der Waals surface area (Å²) in [5, 5.41) is 9.78. The predicted octanol–water partition coefficient (Wildman–Crippen LogP) is 3.32.